The topological polar surface area (TPSA) is 83.7 Å². The summed E-state index contributed by atoms with van der Waals surface area (Å²) in [5, 5.41) is 7.61. The summed E-state index contributed by atoms with van der Waals surface area (Å²) in [6, 6.07) is 14.7. The van der Waals surface area contributed by atoms with Crippen molar-refractivity contribution in [2.75, 3.05) is 5.32 Å². The molecular formula is C19H12Cl3N3O3. The third-order valence-corrected chi connectivity index (χ3v) is 4.13. The molecule has 3 rings (SSSR count). The van der Waals surface area contributed by atoms with Crippen molar-refractivity contribution in [3.8, 4) is 11.3 Å². The Hall–Kier alpha value is -2.80. The van der Waals surface area contributed by atoms with E-state index in [0.717, 1.165) is 0 Å². The maximum atomic E-state index is 11.8. The molecule has 1 heterocycles. The molecule has 2 aromatic carbocycles. The van der Waals surface area contributed by atoms with Crippen molar-refractivity contribution < 1.29 is 14.0 Å². The summed E-state index contributed by atoms with van der Waals surface area (Å²) < 4.78 is 5.60. The van der Waals surface area contributed by atoms with Crippen LogP contribution in [-0.4, -0.2) is 18.0 Å². The van der Waals surface area contributed by atoms with Crippen LogP contribution in [0.3, 0.4) is 0 Å². The second-order valence-electron chi connectivity index (χ2n) is 5.52. The molecular weight excluding hydrogens is 425 g/mol. The number of carbonyl (C=O) groups excluding carboxylic acids is 2. The molecule has 142 valence electrons. The Bertz CT molecular complexity index is 1030. The van der Waals surface area contributed by atoms with Crippen molar-refractivity contribution in [3.63, 3.8) is 0 Å². The van der Waals surface area contributed by atoms with E-state index in [2.05, 4.69) is 15.8 Å². The fraction of sp³-hybridized carbons (Fsp3) is 0. The maximum Gasteiger partial charge on any atom is 0.329 e. The minimum absolute atomic E-state index is 0.365. The zero-order valence-electron chi connectivity index (χ0n) is 14.1. The van der Waals surface area contributed by atoms with Gasteiger partial charge in [0.15, 0.2) is 0 Å². The highest BCUT2D eigenvalue weighted by Gasteiger charge is 2.13. The van der Waals surface area contributed by atoms with Crippen LogP contribution in [0, 0.1) is 0 Å². The highest BCUT2D eigenvalue weighted by Crippen LogP contribution is 2.28. The summed E-state index contributed by atoms with van der Waals surface area (Å²) >= 11 is 17.7. The first-order chi connectivity index (χ1) is 13.4. The molecule has 0 saturated carbocycles. The fourth-order valence-electron chi connectivity index (χ4n) is 2.20. The van der Waals surface area contributed by atoms with Crippen molar-refractivity contribution in [3.05, 3.63) is 75.4 Å². The van der Waals surface area contributed by atoms with Crippen LogP contribution in [0.5, 0.6) is 0 Å². The van der Waals surface area contributed by atoms with E-state index in [-0.39, 0.29) is 0 Å². The second-order valence-corrected chi connectivity index (χ2v) is 6.83. The van der Waals surface area contributed by atoms with Crippen molar-refractivity contribution in [2.45, 2.75) is 0 Å². The quantitative estimate of drug-likeness (QED) is 0.343. The lowest BCUT2D eigenvalue weighted by Crippen LogP contribution is -2.32. The summed E-state index contributed by atoms with van der Waals surface area (Å²) in [6.45, 7) is 0. The summed E-state index contributed by atoms with van der Waals surface area (Å²) in [7, 11) is 0. The second kappa shape index (κ2) is 8.93. The Morgan fingerprint density at radius 2 is 1.54 bits per heavy atom. The van der Waals surface area contributed by atoms with Gasteiger partial charge in [-0.3, -0.25) is 9.59 Å². The molecule has 0 bridgehead atoms. The molecule has 2 N–H and O–H groups in total. The molecule has 0 aliphatic carbocycles. The van der Waals surface area contributed by atoms with Gasteiger partial charge in [0.05, 0.1) is 6.21 Å². The Balaban J connectivity index is 1.58. The van der Waals surface area contributed by atoms with Gasteiger partial charge < -0.3 is 9.73 Å². The van der Waals surface area contributed by atoms with Gasteiger partial charge in [-0.1, -0.05) is 34.8 Å². The SMILES string of the molecule is O=C(N/N=C/c1ccc(-c2cc(Cl)cc(Cl)c2)o1)C(=O)Nc1ccc(Cl)cc1. The zero-order valence-corrected chi connectivity index (χ0v) is 16.3. The summed E-state index contributed by atoms with van der Waals surface area (Å²) in [5.41, 5.74) is 3.25. The van der Waals surface area contributed by atoms with E-state index in [0.29, 0.717) is 37.8 Å². The first-order valence-corrected chi connectivity index (χ1v) is 9.00. The average Bonchev–Trinajstić information content (AvgIpc) is 3.11. The number of carbonyl (C=O) groups is 2. The van der Waals surface area contributed by atoms with Gasteiger partial charge in [-0.2, -0.15) is 5.10 Å². The number of hydrogen-bond acceptors (Lipinski definition) is 4. The molecule has 0 saturated heterocycles. The standard InChI is InChI=1S/C19H12Cl3N3O3/c20-12-1-3-15(4-2-12)24-18(26)19(27)25-23-10-16-5-6-17(28-16)11-7-13(21)9-14(22)8-11/h1-10H,(H,24,26)(H,25,27)/b23-10+. The third kappa shape index (κ3) is 5.36. The number of halogens is 3. The van der Waals surface area contributed by atoms with Gasteiger partial charge in [0.25, 0.3) is 0 Å². The van der Waals surface area contributed by atoms with Crippen LogP contribution in [0.4, 0.5) is 5.69 Å². The summed E-state index contributed by atoms with van der Waals surface area (Å²) in [5.74, 6) is -0.907. The molecule has 3 aromatic rings. The van der Waals surface area contributed by atoms with Crippen LogP contribution < -0.4 is 10.7 Å². The fourth-order valence-corrected chi connectivity index (χ4v) is 2.85. The van der Waals surface area contributed by atoms with Crippen LogP contribution >= 0.6 is 34.8 Å². The number of benzene rings is 2. The number of amides is 2. The van der Waals surface area contributed by atoms with Crippen LogP contribution in [0.1, 0.15) is 5.76 Å². The third-order valence-electron chi connectivity index (χ3n) is 3.44. The van der Waals surface area contributed by atoms with Crippen LogP contribution in [0.15, 0.2) is 64.1 Å². The van der Waals surface area contributed by atoms with Gasteiger partial charge in [0.2, 0.25) is 0 Å². The lowest BCUT2D eigenvalue weighted by atomic mass is 10.2. The van der Waals surface area contributed by atoms with E-state index < -0.39 is 11.8 Å². The molecule has 1 aromatic heterocycles. The Labute approximate surface area is 175 Å². The molecule has 0 fully saturated rings. The van der Waals surface area contributed by atoms with E-state index in [1.165, 1.54) is 6.21 Å². The minimum Gasteiger partial charge on any atom is -0.455 e. The molecule has 0 radical (unpaired) electrons. The van der Waals surface area contributed by atoms with Gasteiger partial charge in [-0.25, -0.2) is 5.43 Å². The summed E-state index contributed by atoms with van der Waals surface area (Å²) in [4.78, 5) is 23.6. The molecule has 0 spiro atoms. The molecule has 0 atom stereocenters. The van der Waals surface area contributed by atoms with Crippen LogP contribution in [0.2, 0.25) is 15.1 Å². The zero-order chi connectivity index (χ0) is 20.1. The van der Waals surface area contributed by atoms with E-state index in [1.807, 2.05) is 0 Å². The van der Waals surface area contributed by atoms with Gasteiger partial charge in [-0.05, 0) is 54.6 Å². The molecule has 0 unspecified atom stereocenters. The largest absolute Gasteiger partial charge is 0.455 e. The van der Waals surface area contributed by atoms with Gasteiger partial charge in [-0.15, -0.1) is 0 Å². The number of rotatable bonds is 4. The molecule has 0 aliphatic rings. The van der Waals surface area contributed by atoms with Crippen LogP contribution in [0.25, 0.3) is 11.3 Å². The number of anilines is 1. The Kier molecular flexibility index (Phi) is 6.36. The number of nitrogens with one attached hydrogen (secondary N) is 2. The highest BCUT2D eigenvalue weighted by atomic mass is 35.5. The molecule has 6 nitrogen and oxygen atoms in total. The van der Waals surface area contributed by atoms with Gasteiger partial charge in [0.1, 0.15) is 11.5 Å². The minimum atomic E-state index is -0.931. The lowest BCUT2D eigenvalue weighted by Gasteiger charge is -2.03. The number of hydrogen-bond donors (Lipinski definition) is 2. The Morgan fingerprint density at radius 3 is 2.21 bits per heavy atom. The summed E-state index contributed by atoms with van der Waals surface area (Å²) in [6.07, 6.45) is 1.27. The number of hydrazone groups is 1. The first-order valence-electron chi connectivity index (χ1n) is 7.87. The molecule has 9 heteroatoms. The Morgan fingerprint density at radius 1 is 0.857 bits per heavy atom. The van der Waals surface area contributed by atoms with E-state index in [4.69, 9.17) is 39.2 Å². The van der Waals surface area contributed by atoms with Crippen LogP contribution in [-0.2, 0) is 9.59 Å². The van der Waals surface area contributed by atoms with E-state index in [1.54, 1.807) is 54.6 Å². The predicted molar refractivity (Wildman–Crippen MR) is 110 cm³/mol. The maximum absolute atomic E-state index is 11.8. The predicted octanol–water partition coefficient (Wildman–Crippen LogP) is 5.00. The monoisotopic (exact) mass is 435 g/mol. The molecule has 2 amide bonds. The highest BCUT2D eigenvalue weighted by molar-refractivity contribution is 6.39. The van der Waals surface area contributed by atoms with E-state index in [9.17, 15) is 9.59 Å². The van der Waals surface area contributed by atoms with Gasteiger partial charge in [0, 0.05) is 26.3 Å². The van der Waals surface area contributed by atoms with Crippen molar-refractivity contribution in [2.24, 2.45) is 5.10 Å². The lowest BCUT2D eigenvalue weighted by molar-refractivity contribution is -0.136. The van der Waals surface area contributed by atoms with E-state index >= 15 is 0 Å². The average molecular weight is 437 g/mol. The van der Waals surface area contributed by atoms with Crippen molar-refractivity contribution in [1.29, 1.82) is 0 Å². The normalized spacial score (nSPS) is 10.8. The molecule has 28 heavy (non-hydrogen) atoms. The smallest absolute Gasteiger partial charge is 0.329 e. The van der Waals surface area contributed by atoms with Crippen molar-refractivity contribution in [1.82, 2.24) is 5.43 Å². The first kappa shape index (κ1) is 19.9. The van der Waals surface area contributed by atoms with Crippen molar-refractivity contribution >= 4 is 58.5 Å². The number of nitrogens with zero attached hydrogens (tertiary/aromatic N) is 1. The molecule has 0 aliphatic heterocycles. The van der Waals surface area contributed by atoms with Gasteiger partial charge >= 0.3 is 11.8 Å². The number of furan rings is 1.